The molecule has 104 valence electrons. The molecule has 5 heteroatoms. The molecule has 0 aliphatic heterocycles. The van der Waals surface area contributed by atoms with Crippen molar-refractivity contribution in [3.8, 4) is 5.75 Å². The van der Waals surface area contributed by atoms with Crippen LogP contribution in [0.15, 0.2) is 19.4 Å². The second-order valence-electron chi connectivity index (χ2n) is 4.88. The van der Waals surface area contributed by atoms with Crippen LogP contribution in [0.2, 0.25) is 0 Å². The second kappa shape index (κ2) is 5.85. The summed E-state index contributed by atoms with van der Waals surface area (Å²) >= 11 is 7.14. The van der Waals surface area contributed by atoms with Gasteiger partial charge in [-0.15, -0.1) is 0 Å². The predicted octanol–water partition coefficient (Wildman–Crippen LogP) is 4.62. The summed E-state index contributed by atoms with van der Waals surface area (Å²) in [5.41, 5.74) is 7.79. The first-order valence-corrected chi connectivity index (χ1v) is 7.74. The molecule has 0 bridgehead atoms. The Morgan fingerprint density at radius 3 is 2.58 bits per heavy atom. The Bertz CT molecular complexity index is 605. The van der Waals surface area contributed by atoms with Gasteiger partial charge in [0.25, 0.3) is 0 Å². The van der Waals surface area contributed by atoms with Crippen molar-refractivity contribution in [2.45, 2.75) is 26.8 Å². The Kier molecular flexibility index (Phi) is 4.58. The lowest BCUT2D eigenvalue weighted by molar-refractivity contribution is 0.412. The van der Waals surface area contributed by atoms with E-state index in [4.69, 9.17) is 14.9 Å². The Morgan fingerprint density at radius 2 is 2.05 bits per heavy atom. The average Bonchev–Trinajstić information content (AvgIpc) is 2.72. The van der Waals surface area contributed by atoms with Crippen LogP contribution >= 0.6 is 31.9 Å². The van der Waals surface area contributed by atoms with Crippen molar-refractivity contribution in [1.29, 1.82) is 0 Å². The van der Waals surface area contributed by atoms with Crippen LogP contribution in [0.4, 0.5) is 0 Å². The molecule has 19 heavy (non-hydrogen) atoms. The Morgan fingerprint density at radius 1 is 1.37 bits per heavy atom. The van der Waals surface area contributed by atoms with E-state index in [1.165, 1.54) is 5.56 Å². The van der Waals surface area contributed by atoms with Crippen molar-refractivity contribution < 1.29 is 9.15 Å². The van der Waals surface area contributed by atoms with E-state index in [-0.39, 0.29) is 0 Å². The summed E-state index contributed by atoms with van der Waals surface area (Å²) in [6, 6.07) is 1.90. The lowest BCUT2D eigenvalue weighted by atomic mass is 9.99. The van der Waals surface area contributed by atoms with Gasteiger partial charge in [-0.2, -0.15) is 0 Å². The smallest absolute Gasteiger partial charge is 0.150 e. The highest BCUT2D eigenvalue weighted by molar-refractivity contribution is 9.11. The quantitative estimate of drug-likeness (QED) is 0.828. The fraction of sp³-hybridized carbons (Fsp3) is 0.429. The van der Waals surface area contributed by atoms with Crippen molar-refractivity contribution in [1.82, 2.24) is 0 Å². The summed E-state index contributed by atoms with van der Waals surface area (Å²) in [6.45, 7) is 4.77. The predicted molar refractivity (Wildman–Crippen MR) is 84.6 cm³/mol. The molecule has 0 amide bonds. The van der Waals surface area contributed by atoms with Crippen molar-refractivity contribution in [3.63, 3.8) is 0 Å². The minimum Gasteiger partial charge on any atom is -0.496 e. The fourth-order valence-electron chi connectivity index (χ4n) is 2.22. The van der Waals surface area contributed by atoms with E-state index in [1.54, 1.807) is 7.11 Å². The average molecular weight is 391 g/mol. The Balaban J connectivity index is 2.79. The van der Waals surface area contributed by atoms with Crippen molar-refractivity contribution in [3.05, 3.63) is 26.3 Å². The van der Waals surface area contributed by atoms with Gasteiger partial charge in [0.15, 0.2) is 0 Å². The van der Waals surface area contributed by atoms with E-state index < -0.39 is 0 Å². The van der Waals surface area contributed by atoms with E-state index in [0.29, 0.717) is 12.5 Å². The number of halogens is 2. The van der Waals surface area contributed by atoms with Crippen LogP contribution in [0, 0.1) is 5.92 Å². The molecule has 2 aromatic rings. The van der Waals surface area contributed by atoms with Gasteiger partial charge in [0.1, 0.15) is 17.1 Å². The highest BCUT2D eigenvalue weighted by Gasteiger charge is 2.21. The van der Waals surface area contributed by atoms with Crippen LogP contribution in [0.1, 0.15) is 25.2 Å². The lowest BCUT2D eigenvalue weighted by Crippen LogP contribution is -2.02. The van der Waals surface area contributed by atoms with Crippen molar-refractivity contribution >= 4 is 42.8 Å². The normalized spacial score (nSPS) is 11.5. The molecule has 1 aromatic heterocycles. The molecule has 0 saturated heterocycles. The molecule has 0 aliphatic carbocycles. The number of benzene rings is 1. The first-order chi connectivity index (χ1) is 8.99. The van der Waals surface area contributed by atoms with Crippen LogP contribution < -0.4 is 10.5 Å². The van der Waals surface area contributed by atoms with Crippen LogP contribution in [-0.2, 0) is 13.0 Å². The number of fused-ring (bicyclic) bond motifs is 1. The van der Waals surface area contributed by atoms with Gasteiger partial charge >= 0.3 is 0 Å². The number of hydrogen-bond donors (Lipinski definition) is 1. The van der Waals surface area contributed by atoms with Gasteiger partial charge in [-0.25, -0.2) is 0 Å². The maximum atomic E-state index is 5.90. The highest BCUT2D eigenvalue weighted by Crippen LogP contribution is 2.42. The van der Waals surface area contributed by atoms with E-state index in [0.717, 1.165) is 37.8 Å². The summed E-state index contributed by atoms with van der Waals surface area (Å²) in [6.07, 6.45) is 0.928. The second-order valence-corrected chi connectivity index (χ2v) is 6.53. The van der Waals surface area contributed by atoms with Gasteiger partial charge in [0.05, 0.1) is 22.6 Å². The standard InChI is InChI=1S/C14H17Br2NO2/c1-7(2)4-8-11(6-17)19-14-9(15)5-10(18-3)13(16)12(8)14/h5,7H,4,6,17H2,1-3H3. The lowest BCUT2D eigenvalue weighted by Gasteiger charge is -2.08. The zero-order valence-corrected chi connectivity index (χ0v) is 14.4. The Labute approximate surface area is 129 Å². The molecule has 0 unspecified atom stereocenters. The van der Waals surface area contributed by atoms with Gasteiger partial charge in [-0.3, -0.25) is 0 Å². The number of nitrogens with two attached hydrogens (primary N) is 1. The van der Waals surface area contributed by atoms with E-state index in [9.17, 15) is 0 Å². The maximum Gasteiger partial charge on any atom is 0.150 e. The molecule has 0 radical (unpaired) electrons. The first kappa shape index (κ1) is 14.9. The van der Waals surface area contributed by atoms with Gasteiger partial charge in [-0.05, 0) is 50.3 Å². The number of ether oxygens (including phenoxy) is 1. The van der Waals surface area contributed by atoms with E-state index in [1.807, 2.05) is 6.07 Å². The van der Waals surface area contributed by atoms with Gasteiger partial charge in [-0.1, -0.05) is 13.8 Å². The SMILES string of the molecule is COc1cc(Br)c2oc(CN)c(CC(C)C)c2c1Br. The van der Waals surface area contributed by atoms with E-state index in [2.05, 4.69) is 45.7 Å². The molecule has 2 N–H and O–H groups in total. The molecule has 0 saturated carbocycles. The Hall–Kier alpha value is -0.520. The van der Waals surface area contributed by atoms with Gasteiger partial charge in [0.2, 0.25) is 0 Å². The zero-order valence-electron chi connectivity index (χ0n) is 11.2. The molecule has 0 aliphatic rings. The summed E-state index contributed by atoms with van der Waals surface area (Å²) < 4.78 is 13.1. The zero-order chi connectivity index (χ0) is 14.2. The maximum absolute atomic E-state index is 5.90. The number of methoxy groups -OCH3 is 1. The molecule has 1 heterocycles. The fourth-order valence-corrected chi connectivity index (χ4v) is 3.40. The monoisotopic (exact) mass is 389 g/mol. The summed E-state index contributed by atoms with van der Waals surface area (Å²) in [4.78, 5) is 0. The largest absolute Gasteiger partial charge is 0.496 e. The molecule has 2 rings (SSSR count). The molecule has 3 nitrogen and oxygen atoms in total. The molecule has 0 atom stereocenters. The summed E-state index contributed by atoms with van der Waals surface area (Å²) in [7, 11) is 1.66. The van der Waals surface area contributed by atoms with Crippen LogP contribution in [-0.4, -0.2) is 7.11 Å². The topological polar surface area (TPSA) is 48.4 Å². The molecule has 0 spiro atoms. The summed E-state index contributed by atoms with van der Waals surface area (Å²) in [5, 5.41) is 1.06. The number of rotatable bonds is 4. The van der Waals surface area contributed by atoms with Crippen LogP contribution in [0.5, 0.6) is 5.75 Å². The molecule has 1 aromatic carbocycles. The van der Waals surface area contributed by atoms with Crippen LogP contribution in [0.3, 0.4) is 0 Å². The molecule has 0 fully saturated rings. The van der Waals surface area contributed by atoms with Crippen LogP contribution in [0.25, 0.3) is 11.0 Å². The number of furan rings is 1. The van der Waals surface area contributed by atoms with Crippen molar-refractivity contribution in [2.24, 2.45) is 11.7 Å². The summed E-state index contributed by atoms with van der Waals surface area (Å²) in [5.74, 6) is 2.16. The van der Waals surface area contributed by atoms with Gasteiger partial charge < -0.3 is 14.9 Å². The van der Waals surface area contributed by atoms with Gasteiger partial charge in [0, 0.05) is 10.9 Å². The first-order valence-electron chi connectivity index (χ1n) is 6.15. The number of hydrogen-bond acceptors (Lipinski definition) is 3. The van der Waals surface area contributed by atoms with Crippen molar-refractivity contribution in [2.75, 3.05) is 7.11 Å². The molecular formula is C14H17Br2NO2. The third-order valence-corrected chi connectivity index (χ3v) is 4.40. The van der Waals surface area contributed by atoms with E-state index >= 15 is 0 Å². The minimum absolute atomic E-state index is 0.401. The highest BCUT2D eigenvalue weighted by atomic mass is 79.9. The molecular weight excluding hydrogens is 374 g/mol. The third-order valence-electron chi connectivity index (χ3n) is 3.02. The third kappa shape index (κ3) is 2.69. The minimum atomic E-state index is 0.401.